The second-order valence-corrected chi connectivity index (χ2v) is 8.64. The molecule has 1 fully saturated rings. The van der Waals surface area contributed by atoms with Crippen LogP contribution in [0.2, 0.25) is 0 Å². The van der Waals surface area contributed by atoms with Crippen molar-refractivity contribution in [1.82, 2.24) is 30.1 Å². The monoisotopic (exact) mass is 524 g/mol. The average Bonchev–Trinajstić information content (AvgIpc) is 3.50. The van der Waals surface area contributed by atoms with Gasteiger partial charge in [-0.3, -0.25) is 0 Å². The van der Waals surface area contributed by atoms with E-state index in [9.17, 15) is 10.1 Å². The highest BCUT2D eigenvalue weighted by atomic mass is 16.5. The lowest BCUT2D eigenvalue weighted by molar-refractivity contribution is 0.208. The molecular formula is C26H24N10O3. The third kappa shape index (κ3) is 5.62. The molecule has 0 unspecified atom stereocenters. The van der Waals surface area contributed by atoms with Crippen LogP contribution in [0.1, 0.15) is 11.1 Å². The Morgan fingerprint density at radius 1 is 1.05 bits per heavy atom. The van der Waals surface area contributed by atoms with E-state index in [4.69, 9.17) is 19.7 Å². The fraction of sp³-hybridized carbons (Fsp3) is 0.269. The molecule has 4 aromatic rings. The lowest BCUT2D eigenvalue weighted by Gasteiger charge is -2.35. The second-order valence-electron chi connectivity index (χ2n) is 8.64. The van der Waals surface area contributed by atoms with E-state index in [0.717, 1.165) is 5.39 Å². The quantitative estimate of drug-likeness (QED) is 0.380. The molecule has 0 saturated carbocycles. The molecule has 3 heterocycles. The molecule has 13 nitrogen and oxygen atoms in total. The van der Waals surface area contributed by atoms with Gasteiger partial charge in [0.05, 0.1) is 36.4 Å². The summed E-state index contributed by atoms with van der Waals surface area (Å²) in [5.74, 6) is 1.59. The number of anilines is 2. The number of nitriles is 2. The van der Waals surface area contributed by atoms with Crippen LogP contribution in [0, 0.1) is 22.7 Å². The van der Waals surface area contributed by atoms with E-state index in [1.807, 2.05) is 4.90 Å². The molecule has 39 heavy (non-hydrogen) atoms. The molecule has 13 heteroatoms. The number of pyridine rings is 1. The number of benzene rings is 2. The number of piperazine rings is 1. The molecule has 2 amide bonds. The van der Waals surface area contributed by atoms with E-state index in [1.165, 1.54) is 11.1 Å². The highest BCUT2D eigenvalue weighted by molar-refractivity contribution is 5.90. The molecule has 5 rings (SSSR count). The molecular weight excluding hydrogens is 500 g/mol. The Bertz CT molecular complexity index is 1550. The van der Waals surface area contributed by atoms with Crippen molar-refractivity contribution < 1.29 is 14.3 Å². The van der Waals surface area contributed by atoms with Crippen LogP contribution in [0.5, 0.6) is 11.5 Å². The molecule has 196 valence electrons. The summed E-state index contributed by atoms with van der Waals surface area (Å²) in [5.41, 5.74) is 2.24. The van der Waals surface area contributed by atoms with Crippen molar-refractivity contribution in [3.8, 4) is 23.6 Å². The number of carbonyl (C=O) groups is 1. The standard InChI is InChI=1S/C26H24N10O3/c1-38-23-13-19-12-20(16-28)25(32-22(19)14-24(23)39-11-10-36-30-17-29-33-36)34-6-8-35(9-7-34)26(37)31-21-4-2-18(15-27)3-5-21/h2-5,12-14,17H,6-11H2,1H3,(H,31,37). The molecule has 0 radical (unpaired) electrons. The number of nitrogens with one attached hydrogen (secondary N) is 1. The van der Waals surface area contributed by atoms with Crippen molar-refractivity contribution in [3.05, 3.63) is 59.9 Å². The van der Waals surface area contributed by atoms with Gasteiger partial charge in [-0.15, -0.1) is 10.2 Å². The molecule has 0 bridgehead atoms. The van der Waals surface area contributed by atoms with Gasteiger partial charge in [0, 0.05) is 43.3 Å². The van der Waals surface area contributed by atoms with Gasteiger partial charge in [-0.05, 0) is 41.6 Å². The van der Waals surface area contributed by atoms with Crippen LogP contribution in [0.25, 0.3) is 10.9 Å². The van der Waals surface area contributed by atoms with Gasteiger partial charge in [0.2, 0.25) is 0 Å². The smallest absolute Gasteiger partial charge is 0.321 e. The summed E-state index contributed by atoms with van der Waals surface area (Å²) in [5, 5.41) is 33.9. The third-order valence-electron chi connectivity index (χ3n) is 6.27. The maximum Gasteiger partial charge on any atom is 0.321 e. The van der Waals surface area contributed by atoms with E-state index in [1.54, 1.807) is 54.5 Å². The average molecular weight is 525 g/mol. The minimum atomic E-state index is -0.221. The number of ether oxygens (including phenoxy) is 2. The number of nitrogens with zero attached hydrogens (tertiary/aromatic N) is 9. The zero-order valence-corrected chi connectivity index (χ0v) is 21.1. The first-order valence-electron chi connectivity index (χ1n) is 12.2. The Balaban J connectivity index is 1.29. The van der Waals surface area contributed by atoms with Crippen LogP contribution in [0.4, 0.5) is 16.3 Å². The highest BCUT2D eigenvalue weighted by Crippen LogP contribution is 2.34. The number of hydrogen-bond donors (Lipinski definition) is 1. The molecule has 0 aliphatic carbocycles. The lowest BCUT2D eigenvalue weighted by Crippen LogP contribution is -2.50. The minimum absolute atomic E-state index is 0.221. The molecule has 1 aliphatic rings. The number of tetrazole rings is 1. The van der Waals surface area contributed by atoms with Gasteiger partial charge >= 0.3 is 6.03 Å². The van der Waals surface area contributed by atoms with Crippen LogP contribution in [-0.2, 0) is 6.54 Å². The number of carbonyl (C=O) groups excluding carboxylic acids is 1. The van der Waals surface area contributed by atoms with Gasteiger partial charge in [-0.2, -0.15) is 15.3 Å². The fourth-order valence-electron chi connectivity index (χ4n) is 4.25. The van der Waals surface area contributed by atoms with Gasteiger partial charge in [-0.1, -0.05) is 0 Å². The topological polar surface area (TPSA) is 158 Å². The number of rotatable bonds is 7. The molecule has 0 atom stereocenters. The third-order valence-corrected chi connectivity index (χ3v) is 6.27. The first kappa shape index (κ1) is 25.2. The van der Waals surface area contributed by atoms with E-state index in [-0.39, 0.29) is 6.03 Å². The van der Waals surface area contributed by atoms with Crippen molar-refractivity contribution in [2.24, 2.45) is 0 Å². The molecule has 0 spiro atoms. The SMILES string of the molecule is COc1cc2cc(C#N)c(N3CCN(C(=O)Nc4ccc(C#N)cc4)CC3)nc2cc1OCCn1ncnn1. The zero-order valence-electron chi connectivity index (χ0n) is 21.1. The minimum Gasteiger partial charge on any atom is -0.493 e. The van der Waals surface area contributed by atoms with Gasteiger partial charge in [0.25, 0.3) is 0 Å². The largest absolute Gasteiger partial charge is 0.493 e. The summed E-state index contributed by atoms with van der Waals surface area (Å²) in [6.07, 6.45) is 1.36. The van der Waals surface area contributed by atoms with E-state index in [2.05, 4.69) is 32.9 Å². The lowest BCUT2D eigenvalue weighted by atomic mass is 10.1. The molecule has 2 aromatic carbocycles. The number of amides is 2. The summed E-state index contributed by atoms with van der Waals surface area (Å²) in [7, 11) is 1.55. The van der Waals surface area contributed by atoms with Crippen molar-refractivity contribution in [3.63, 3.8) is 0 Å². The number of aromatic nitrogens is 5. The van der Waals surface area contributed by atoms with Crippen LogP contribution in [0.3, 0.4) is 0 Å². The Labute approximate surface area is 223 Å². The summed E-state index contributed by atoms with van der Waals surface area (Å²) in [6, 6.07) is 16.2. The van der Waals surface area contributed by atoms with Crippen molar-refractivity contribution >= 4 is 28.4 Å². The Morgan fingerprint density at radius 2 is 1.85 bits per heavy atom. The van der Waals surface area contributed by atoms with Crippen LogP contribution in [0.15, 0.2) is 48.8 Å². The highest BCUT2D eigenvalue weighted by Gasteiger charge is 2.24. The van der Waals surface area contributed by atoms with Crippen molar-refractivity contribution in [1.29, 1.82) is 10.5 Å². The maximum atomic E-state index is 12.7. The molecule has 2 aromatic heterocycles. The Hall–Kier alpha value is -5.43. The van der Waals surface area contributed by atoms with E-state index >= 15 is 0 Å². The second kappa shape index (κ2) is 11.3. The number of fused-ring (bicyclic) bond motifs is 1. The summed E-state index contributed by atoms with van der Waals surface area (Å²) >= 11 is 0. The molecule has 1 saturated heterocycles. The molecule has 1 aliphatic heterocycles. The first-order chi connectivity index (χ1) is 19.1. The zero-order chi connectivity index (χ0) is 27.2. The summed E-state index contributed by atoms with van der Waals surface area (Å²) in [4.78, 5) is 22.7. The van der Waals surface area contributed by atoms with Gasteiger partial charge in [-0.25, -0.2) is 9.78 Å². The Kier molecular flexibility index (Phi) is 7.32. The maximum absolute atomic E-state index is 12.7. The fourth-order valence-corrected chi connectivity index (χ4v) is 4.25. The molecule has 1 N–H and O–H groups in total. The number of methoxy groups -OCH3 is 1. The van der Waals surface area contributed by atoms with Crippen LogP contribution < -0.4 is 19.7 Å². The van der Waals surface area contributed by atoms with Crippen LogP contribution >= 0.6 is 0 Å². The van der Waals surface area contributed by atoms with Gasteiger partial charge in [0.1, 0.15) is 18.5 Å². The van der Waals surface area contributed by atoms with E-state index < -0.39 is 0 Å². The number of urea groups is 1. The van der Waals surface area contributed by atoms with Crippen LogP contribution in [-0.4, -0.2) is 76.0 Å². The Morgan fingerprint density at radius 3 is 2.51 bits per heavy atom. The van der Waals surface area contributed by atoms with Gasteiger partial charge in [0.15, 0.2) is 17.8 Å². The van der Waals surface area contributed by atoms with Gasteiger partial charge < -0.3 is 24.6 Å². The summed E-state index contributed by atoms with van der Waals surface area (Å²) in [6.45, 7) is 2.65. The predicted octanol–water partition coefficient (Wildman–Crippen LogP) is 2.41. The first-order valence-corrected chi connectivity index (χ1v) is 12.2. The van der Waals surface area contributed by atoms with Crippen molar-refractivity contribution in [2.75, 3.05) is 50.1 Å². The predicted molar refractivity (Wildman–Crippen MR) is 140 cm³/mol. The van der Waals surface area contributed by atoms with E-state index in [0.29, 0.717) is 79.0 Å². The normalized spacial score (nSPS) is 13.0. The number of hydrogen-bond acceptors (Lipinski definition) is 10. The van der Waals surface area contributed by atoms with Crippen molar-refractivity contribution in [2.45, 2.75) is 6.54 Å². The summed E-state index contributed by atoms with van der Waals surface area (Å²) < 4.78 is 11.4.